The molecule has 0 aliphatic heterocycles. The van der Waals surface area contributed by atoms with Crippen LogP contribution in [0.3, 0.4) is 0 Å². The van der Waals surface area contributed by atoms with E-state index in [0.717, 1.165) is 6.07 Å². The molecule has 4 aromatic rings. The molecule has 0 radical (unpaired) electrons. The maximum atomic E-state index is 13.0. The van der Waals surface area contributed by atoms with Crippen molar-refractivity contribution in [3.05, 3.63) is 97.7 Å². The first kappa shape index (κ1) is 20.2. The molecule has 154 valence electrons. The summed E-state index contributed by atoms with van der Waals surface area (Å²) in [6.07, 6.45) is 1.57. The summed E-state index contributed by atoms with van der Waals surface area (Å²) < 4.78 is 1.42. The van der Waals surface area contributed by atoms with Crippen LogP contribution in [0.25, 0.3) is 16.7 Å². The second kappa shape index (κ2) is 7.96. The van der Waals surface area contributed by atoms with Crippen molar-refractivity contribution in [1.29, 1.82) is 0 Å². The normalized spacial score (nSPS) is 10.8. The molecule has 0 aliphatic carbocycles. The Morgan fingerprint density at radius 2 is 1.97 bits per heavy atom. The molecule has 0 saturated carbocycles. The maximum absolute atomic E-state index is 13.0. The highest BCUT2D eigenvalue weighted by Crippen LogP contribution is 2.25. The van der Waals surface area contributed by atoms with E-state index < -0.39 is 10.8 Å². The Morgan fingerprint density at radius 1 is 1.16 bits per heavy atom. The molecule has 2 aromatic heterocycles. The molecule has 1 amide bonds. The predicted molar refractivity (Wildman–Crippen MR) is 116 cm³/mol. The lowest BCUT2D eigenvalue weighted by Gasteiger charge is -2.12. The molecule has 0 aliphatic rings. The van der Waals surface area contributed by atoms with E-state index in [2.05, 4.69) is 15.3 Å². The second-order valence-electron chi connectivity index (χ2n) is 6.60. The van der Waals surface area contributed by atoms with Crippen LogP contribution in [0, 0.1) is 17.0 Å². The number of amides is 1. The number of benzene rings is 2. The minimum Gasteiger partial charge on any atom is -0.322 e. The summed E-state index contributed by atoms with van der Waals surface area (Å²) in [4.78, 5) is 44.4. The number of aromatic nitrogens is 3. The number of fused-ring (bicyclic) bond motifs is 1. The van der Waals surface area contributed by atoms with Crippen molar-refractivity contribution in [2.45, 2.75) is 6.92 Å². The first-order chi connectivity index (χ1) is 14.8. The van der Waals surface area contributed by atoms with Gasteiger partial charge in [0, 0.05) is 23.5 Å². The van der Waals surface area contributed by atoms with E-state index in [0.29, 0.717) is 28.2 Å². The molecule has 4 rings (SSSR count). The van der Waals surface area contributed by atoms with Gasteiger partial charge in [-0.15, -0.1) is 0 Å². The lowest BCUT2D eigenvalue weighted by molar-refractivity contribution is -0.384. The van der Waals surface area contributed by atoms with Gasteiger partial charge < -0.3 is 5.32 Å². The minimum atomic E-state index is -0.656. The first-order valence-electron chi connectivity index (χ1n) is 9.05. The molecule has 0 bridgehead atoms. The summed E-state index contributed by atoms with van der Waals surface area (Å²) in [7, 11) is 0. The van der Waals surface area contributed by atoms with E-state index in [1.54, 1.807) is 49.5 Å². The summed E-state index contributed by atoms with van der Waals surface area (Å²) in [5, 5.41) is 14.1. The van der Waals surface area contributed by atoms with E-state index >= 15 is 0 Å². The molecule has 2 aromatic carbocycles. The zero-order valence-corrected chi connectivity index (χ0v) is 16.8. The smallest absolute Gasteiger partial charge is 0.288 e. The van der Waals surface area contributed by atoms with Crippen LogP contribution in [0.5, 0.6) is 0 Å². The molecule has 0 atom stereocenters. The van der Waals surface area contributed by atoms with Gasteiger partial charge in [-0.1, -0.05) is 17.7 Å². The molecule has 0 saturated heterocycles. The Balaban J connectivity index is 1.70. The van der Waals surface area contributed by atoms with Crippen LogP contribution in [-0.4, -0.2) is 25.4 Å². The van der Waals surface area contributed by atoms with Crippen molar-refractivity contribution in [1.82, 2.24) is 14.5 Å². The van der Waals surface area contributed by atoms with Crippen molar-refractivity contribution in [2.75, 3.05) is 5.32 Å². The fraction of sp³-hybridized carbons (Fsp3) is 0.0476. The van der Waals surface area contributed by atoms with Gasteiger partial charge in [-0.2, -0.15) is 0 Å². The number of aryl methyl sites for hydroxylation is 1. The summed E-state index contributed by atoms with van der Waals surface area (Å²) in [5.74, 6) is -0.116. The van der Waals surface area contributed by atoms with E-state index in [9.17, 15) is 19.7 Å². The van der Waals surface area contributed by atoms with Crippen LogP contribution in [-0.2, 0) is 0 Å². The van der Waals surface area contributed by atoms with Gasteiger partial charge in [0.1, 0.15) is 10.8 Å². The monoisotopic (exact) mass is 435 g/mol. The highest BCUT2D eigenvalue weighted by Gasteiger charge is 2.17. The van der Waals surface area contributed by atoms with E-state index in [1.165, 1.54) is 16.7 Å². The van der Waals surface area contributed by atoms with Gasteiger partial charge in [-0.05, 0) is 49.4 Å². The molecule has 10 heteroatoms. The van der Waals surface area contributed by atoms with Crippen molar-refractivity contribution < 1.29 is 9.72 Å². The van der Waals surface area contributed by atoms with Crippen LogP contribution >= 0.6 is 11.6 Å². The molecule has 31 heavy (non-hydrogen) atoms. The Labute approximate surface area is 180 Å². The molecule has 9 nitrogen and oxygen atoms in total. The van der Waals surface area contributed by atoms with Crippen LogP contribution in [0.2, 0.25) is 5.02 Å². The fourth-order valence-corrected chi connectivity index (χ4v) is 3.33. The Hall–Kier alpha value is -4.11. The highest BCUT2D eigenvalue weighted by molar-refractivity contribution is 6.32. The van der Waals surface area contributed by atoms with Gasteiger partial charge in [0.05, 0.1) is 16.0 Å². The summed E-state index contributed by atoms with van der Waals surface area (Å²) in [6, 6.07) is 13.7. The largest absolute Gasteiger partial charge is 0.322 e. The zero-order valence-electron chi connectivity index (χ0n) is 16.1. The molecular weight excluding hydrogens is 422 g/mol. The van der Waals surface area contributed by atoms with Crippen molar-refractivity contribution in [2.24, 2.45) is 0 Å². The van der Waals surface area contributed by atoms with Gasteiger partial charge in [-0.25, -0.2) is 9.97 Å². The van der Waals surface area contributed by atoms with Gasteiger partial charge >= 0.3 is 0 Å². The van der Waals surface area contributed by atoms with Gasteiger partial charge in [0.25, 0.3) is 17.2 Å². The van der Waals surface area contributed by atoms with Crippen molar-refractivity contribution in [3.63, 3.8) is 0 Å². The van der Waals surface area contributed by atoms with Crippen molar-refractivity contribution >= 4 is 39.9 Å². The molecule has 0 fully saturated rings. The maximum Gasteiger partial charge on any atom is 0.288 e. The number of carbonyl (C=O) groups excluding carboxylic acids is 1. The third-order valence-corrected chi connectivity index (χ3v) is 4.90. The molecule has 0 spiro atoms. The number of hydrogen-bond acceptors (Lipinski definition) is 6. The third-order valence-electron chi connectivity index (χ3n) is 4.58. The average molecular weight is 436 g/mol. The van der Waals surface area contributed by atoms with Crippen molar-refractivity contribution in [3.8, 4) is 5.69 Å². The molecule has 1 N–H and O–H groups in total. The number of nitro benzene ring substituents is 1. The number of nitro groups is 1. The fourth-order valence-electron chi connectivity index (χ4n) is 3.15. The van der Waals surface area contributed by atoms with E-state index in [-0.39, 0.29) is 21.8 Å². The summed E-state index contributed by atoms with van der Waals surface area (Å²) >= 11 is 5.80. The third kappa shape index (κ3) is 3.86. The number of nitrogens with one attached hydrogen (secondary N) is 1. The zero-order chi connectivity index (χ0) is 22.1. The lowest BCUT2D eigenvalue weighted by atomic mass is 10.1. The number of nitrogens with zero attached hydrogens (tertiary/aromatic N) is 4. The van der Waals surface area contributed by atoms with Crippen LogP contribution in [0.1, 0.15) is 16.2 Å². The Bertz CT molecular complexity index is 1420. The standard InChI is InChI=1S/C21H14ClN5O4/c1-12-24-19-16(6-3-9-23-19)21(29)26(12)15-5-2-4-14(11-15)25-20(28)13-7-8-17(22)18(10-13)27(30)31/h2-11H,1H3,(H,25,28). The van der Waals surface area contributed by atoms with Crippen LogP contribution in [0.4, 0.5) is 11.4 Å². The Kier molecular flexibility index (Phi) is 5.18. The van der Waals surface area contributed by atoms with E-state index in [4.69, 9.17) is 11.6 Å². The SMILES string of the molecule is Cc1nc2ncccc2c(=O)n1-c1cccc(NC(=O)c2ccc(Cl)c([N+](=O)[O-])c2)c1. The first-order valence-corrected chi connectivity index (χ1v) is 9.43. The average Bonchev–Trinajstić information content (AvgIpc) is 2.74. The lowest BCUT2D eigenvalue weighted by Crippen LogP contribution is -2.22. The highest BCUT2D eigenvalue weighted by atomic mass is 35.5. The number of anilines is 1. The predicted octanol–water partition coefficient (Wildman–Crippen LogP) is 3.90. The number of hydrogen-bond donors (Lipinski definition) is 1. The summed E-state index contributed by atoms with van der Waals surface area (Å²) in [6.45, 7) is 1.69. The summed E-state index contributed by atoms with van der Waals surface area (Å²) in [5.41, 5.74) is 0.690. The Morgan fingerprint density at radius 3 is 2.74 bits per heavy atom. The van der Waals surface area contributed by atoms with Gasteiger partial charge in [0.2, 0.25) is 0 Å². The second-order valence-corrected chi connectivity index (χ2v) is 7.01. The van der Waals surface area contributed by atoms with Crippen LogP contribution < -0.4 is 10.9 Å². The topological polar surface area (TPSA) is 120 Å². The van der Waals surface area contributed by atoms with E-state index in [1.807, 2.05) is 0 Å². The number of rotatable bonds is 4. The van der Waals surface area contributed by atoms with Gasteiger partial charge in [0.15, 0.2) is 5.65 Å². The number of halogens is 1. The number of pyridine rings is 1. The quantitative estimate of drug-likeness (QED) is 0.383. The molecule has 0 unspecified atom stereocenters. The van der Waals surface area contributed by atoms with Gasteiger partial charge in [-0.3, -0.25) is 24.3 Å². The minimum absolute atomic E-state index is 0.0586. The van der Waals surface area contributed by atoms with Crippen LogP contribution in [0.15, 0.2) is 65.6 Å². The molecule has 2 heterocycles. The number of carbonyl (C=O) groups is 1. The molecular formula is C21H14ClN5O4.